The number of likely N-dealkylation sites (tertiary alicyclic amines) is 1. The third-order valence-electron chi connectivity index (χ3n) is 6.02. The Morgan fingerprint density at radius 1 is 1.39 bits per heavy atom. The van der Waals surface area contributed by atoms with Gasteiger partial charge in [0.15, 0.2) is 0 Å². The van der Waals surface area contributed by atoms with Crippen molar-refractivity contribution in [2.45, 2.75) is 43.6 Å². The minimum atomic E-state index is -0.310. The Morgan fingerprint density at radius 3 is 3.04 bits per heavy atom. The summed E-state index contributed by atoms with van der Waals surface area (Å²) in [5.74, 6) is 0.708. The first-order chi connectivity index (χ1) is 11.2. The number of carbonyl (C=O) groups excluding carboxylic acids is 2. The third kappa shape index (κ3) is 2.04. The van der Waals surface area contributed by atoms with Gasteiger partial charge in [-0.05, 0) is 36.3 Å². The van der Waals surface area contributed by atoms with E-state index < -0.39 is 0 Å². The number of ether oxygens (including phenoxy) is 1. The molecule has 3 atom stereocenters. The number of hydrogen-bond donors (Lipinski definition) is 0. The predicted octanol–water partition coefficient (Wildman–Crippen LogP) is 3.20. The van der Waals surface area contributed by atoms with Crippen LogP contribution in [0, 0.1) is 5.92 Å². The zero-order valence-corrected chi connectivity index (χ0v) is 13.2. The van der Waals surface area contributed by atoms with Gasteiger partial charge >= 0.3 is 6.09 Å². The van der Waals surface area contributed by atoms with Crippen LogP contribution in [0.15, 0.2) is 37.1 Å². The van der Waals surface area contributed by atoms with Crippen molar-refractivity contribution in [3.05, 3.63) is 48.2 Å². The van der Waals surface area contributed by atoms with Crippen molar-refractivity contribution in [2.24, 2.45) is 5.92 Å². The van der Waals surface area contributed by atoms with E-state index in [9.17, 15) is 9.59 Å². The zero-order valence-electron chi connectivity index (χ0n) is 13.2. The molecule has 1 aromatic rings. The van der Waals surface area contributed by atoms with Crippen molar-refractivity contribution in [3.63, 3.8) is 0 Å². The van der Waals surface area contributed by atoms with E-state index in [2.05, 4.69) is 24.8 Å². The van der Waals surface area contributed by atoms with E-state index >= 15 is 0 Å². The molecule has 0 N–H and O–H groups in total. The highest BCUT2D eigenvalue weighted by Gasteiger charge is 2.56. The number of benzene rings is 1. The second kappa shape index (κ2) is 5.22. The molecule has 2 aliphatic carbocycles. The van der Waals surface area contributed by atoms with Crippen LogP contribution in [-0.2, 0) is 21.4 Å². The maximum absolute atomic E-state index is 12.3. The topological polar surface area (TPSA) is 46.6 Å². The molecule has 1 aliphatic heterocycles. The molecule has 3 aliphatic rings. The van der Waals surface area contributed by atoms with Crippen LogP contribution < -0.4 is 0 Å². The summed E-state index contributed by atoms with van der Waals surface area (Å²) in [6, 6.07) is 8.57. The maximum Gasteiger partial charge on any atom is 0.414 e. The van der Waals surface area contributed by atoms with Gasteiger partial charge in [-0.25, -0.2) is 4.79 Å². The Balaban J connectivity index is 1.80. The van der Waals surface area contributed by atoms with Crippen molar-refractivity contribution in [2.75, 3.05) is 6.54 Å². The van der Waals surface area contributed by atoms with Gasteiger partial charge in [-0.1, -0.05) is 30.8 Å². The maximum atomic E-state index is 12.3. The molecule has 4 heteroatoms. The van der Waals surface area contributed by atoms with Crippen LogP contribution in [0.4, 0.5) is 4.79 Å². The van der Waals surface area contributed by atoms with Crippen LogP contribution >= 0.6 is 0 Å². The molecule has 23 heavy (non-hydrogen) atoms. The lowest BCUT2D eigenvalue weighted by Crippen LogP contribution is -2.63. The zero-order chi connectivity index (χ0) is 16.0. The molecule has 0 aromatic heterocycles. The van der Waals surface area contributed by atoms with Crippen molar-refractivity contribution >= 4 is 11.9 Å². The number of hydrogen-bond acceptors (Lipinski definition) is 3. The lowest BCUT2D eigenvalue weighted by Gasteiger charge is -2.58. The highest BCUT2D eigenvalue weighted by atomic mass is 16.5. The van der Waals surface area contributed by atoms with Crippen LogP contribution in [0.25, 0.3) is 0 Å². The number of carbonyl (C=O) groups is 2. The Bertz CT molecular complexity index is 683. The second-order valence-electron chi connectivity index (χ2n) is 6.94. The minimum absolute atomic E-state index is 0.0835. The molecule has 2 bridgehead atoms. The Morgan fingerprint density at radius 2 is 2.22 bits per heavy atom. The van der Waals surface area contributed by atoms with Crippen molar-refractivity contribution in [3.8, 4) is 0 Å². The summed E-state index contributed by atoms with van der Waals surface area (Å²) < 4.78 is 5.04. The fraction of sp³-hybridized carbons (Fsp3) is 0.474. The number of nitrogens with zero attached hydrogens (tertiary/aromatic N) is 1. The lowest BCUT2D eigenvalue weighted by molar-refractivity contribution is -0.126. The van der Waals surface area contributed by atoms with E-state index in [1.807, 2.05) is 11.0 Å². The summed E-state index contributed by atoms with van der Waals surface area (Å²) in [6.45, 7) is 4.14. The molecule has 1 saturated carbocycles. The molecular weight excluding hydrogens is 290 g/mol. The summed E-state index contributed by atoms with van der Waals surface area (Å²) in [5, 5.41) is 0. The van der Waals surface area contributed by atoms with Gasteiger partial charge in [0.1, 0.15) is 5.78 Å². The van der Waals surface area contributed by atoms with Crippen LogP contribution in [0.3, 0.4) is 0 Å². The van der Waals surface area contributed by atoms with Crippen molar-refractivity contribution in [1.82, 2.24) is 4.90 Å². The van der Waals surface area contributed by atoms with Crippen LogP contribution in [0.2, 0.25) is 0 Å². The van der Waals surface area contributed by atoms with Crippen LogP contribution in [0.5, 0.6) is 0 Å². The van der Waals surface area contributed by atoms with Crippen LogP contribution in [0.1, 0.15) is 36.8 Å². The fourth-order valence-electron chi connectivity index (χ4n) is 5.16. The third-order valence-corrected chi connectivity index (χ3v) is 6.02. The van der Waals surface area contributed by atoms with Gasteiger partial charge in [0, 0.05) is 30.8 Å². The molecule has 4 nitrogen and oxygen atoms in total. The molecule has 0 unspecified atom stereocenters. The van der Waals surface area contributed by atoms with E-state index in [0.717, 1.165) is 19.3 Å². The van der Waals surface area contributed by atoms with E-state index in [-0.39, 0.29) is 17.6 Å². The molecule has 1 amide bonds. The minimum Gasteiger partial charge on any atom is -0.419 e. The van der Waals surface area contributed by atoms with E-state index in [1.54, 1.807) is 0 Å². The monoisotopic (exact) mass is 311 g/mol. The molecule has 1 heterocycles. The quantitative estimate of drug-likeness (QED) is 0.748. The number of ketones is 1. The number of Topliss-reactive ketones (excluding diaryl/α,β-unsaturated/α-hetero) is 1. The molecule has 120 valence electrons. The van der Waals surface area contributed by atoms with E-state index in [1.165, 1.54) is 17.4 Å². The van der Waals surface area contributed by atoms with E-state index in [4.69, 9.17) is 4.74 Å². The highest BCUT2D eigenvalue weighted by molar-refractivity contribution is 5.82. The number of rotatable bonds is 1. The highest BCUT2D eigenvalue weighted by Crippen LogP contribution is 2.54. The molecule has 2 fully saturated rings. The average Bonchev–Trinajstić information content (AvgIpc) is 2.54. The lowest BCUT2D eigenvalue weighted by atomic mass is 9.52. The van der Waals surface area contributed by atoms with Gasteiger partial charge < -0.3 is 9.64 Å². The SMILES string of the molecule is C=COC(=O)N1CC[C@]23CC(=O)CC[C@H]2[C@H]1Cc1ccccc13. The van der Waals surface area contributed by atoms with Gasteiger partial charge in [0.05, 0.1) is 6.26 Å². The molecule has 1 saturated heterocycles. The number of fused-ring (bicyclic) bond motifs is 1. The smallest absolute Gasteiger partial charge is 0.414 e. The molecule has 0 spiro atoms. The first-order valence-electron chi connectivity index (χ1n) is 8.34. The summed E-state index contributed by atoms with van der Waals surface area (Å²) in [6.07, 6.45) is 4.70. The summed E-state index contributed by atoms with van der Waals surface area (Å²) in [4.78, 5) is 26.4. The van der Waals surface area contributed by atoms with E-state index in [0.29, 0.717) is 31.1 Å². The summed E-state index contributed by atoms with van der Waals surface area (Å²) >= 11 is 0. The van der Waals surface area contributed by atoms with Gasteiger partial charge in [0.25, 0.3) is 0 Å². The summed E-state index contributed by atoms with van der Waals surface area (Å²) in [5.41, 5.74) is 2.53. The average molecular weight is 311 g/mol. The standard InChI is InChI=1S/C19H21NO3/c1-2-23-18(22)20-10-9-19-12-14(21)7-8-16(19)17(20)11-13-5-3-4-6-15(13)19/h2-6,16-17H,1,7-12H2/t16-,17+,19+/m0/s1. The second-order valence-corrected chi connectivity index (χ2v) is 6.94. The first kappa shape index (κ1) is 14.5. The Hall–Kier alpha value is -2.10. The van der Waals surface area contributed by atoms with Crippen molar-refractivity contribution in [1.29, 1.82) is 0 Å². The molecule has 1 aromatic carbocycles. The largest absolute Gasteiger partial charge is 0.419 e. The van der Waals surface area contributed by atoms with Crippen molar-refractivity contribution < 1.29 is 14.3 Å². The summed E-state index contributed by atoms with van der Waals surface area (Å²) in [7, 11) is 0. The van der Waals surface area contributed by atoms with Gasteiger partial charge in [-0.3, -0.25) is 4.79 Å². The van der Waals surface area contributed by atoms with Gasteiger partial charge in [0.2, 0.25) is 0 Å². The number of piperidine rings is 1. The Kier molecular flexibility index (Phi) is 3.29. The fourth-order valence-corrected chi connectivity index (χ4v) is 5.16. The molecule has 0 radical (unpaired) electrons. The number of amides is 1. The normalized spacial score (nSPS) is 31.8. The predicted molar refractivity (Wildman–Crippen MR) is 86.0 cm³/mol. The van der Waals surface area contributed by atoms with Crippen LogP contribution in [-0.4, -0.2) is 29.4 Å². The van der Waals surface area contributed by atoms with Gasteiger partial charge in [-0.15, -0.1) is 0 Å². The van der Waals surface area contributed by atoms with Gasteiger partial charge in [-0.2, -0.15) is 0 Å². The first-order valence-corrected chi connectivity index (χ1v) is 8.34. The molecular formula is C19H21NO3. The molecule has 4 rings (SSSR count). The Labute approximate surface area is 136 Å².